The maximum Gasteiger partial charge on any atom is 0.179 e. The van der Waals surface area contributed by atoms with Gasteiger partial charge in [0.1, 0.15) is 0 Å². The molecule has 1 unspecified atom stereocenters. The molecule has 1 atom stereocenters. The molecule has 18 heavy (non-hydrogen) atoms. The monoisotopic (exact) mass is 248 g/mol. The third kappa shape index (κ3) is 4.59. The van der Waals surface area contributed by atoms with Crippen molar-refractivity contribution in [2.24, 2.45) is 0 Å². The number of likely N-dealkylation sites (N-methyl/N-ethyl adjacent to an activating group) is 1. The van der Waals surface area contributed by atoms with Crippen LogP contribution in [0.4, 0.5) is 0 Å². The van der Waals surface area contributed by atoms with E-state index in [1.807, 2.05) is 45.3 Å². The quantitative estimate of drug-likeness (QED) is 0.749. The molecule has 0 radical (unpaired) electrons. The molecule has 0 aliphatic heterocycles. The zero-order valence-corrected chi connectivity index (χ0v) is 11.9. The molecule has 1 aromatic rings. The van der Waals surface area contributed by atoms with Gasteiger partial charge in [-0.3, -0.25) is 4.79 Å². The van der Waals surface area contributed by atoms with E-state index in [-0.39, 0.29) is 11.8 Å². The van der Waals surface area contributed by atoms with Crippen molar-refractivity contribution in [2.75, 3.05) is 27.2 Å². The molecule has 0 bridgehead atoms. The molecule has 0 amide bonds. The second-order valence-corrected chi connectivity index (χ2v) is 4.89. The van der Waals surface area contributed by atoms with Gasteiger partial charge in [0.05, 0.1) is 6.04 Å². The van der Waals surface area contributed by atoms with Gasteiger partial charge >= 0.3 is 0 Å². The largest absolute Gasteiger partial charge is 0.308 e. The summed E-state index contributed by atoms with van der Waals surface area (Å²) in [7, 11) is 4.05. The summed E-state index contributed by atoms with van der Waals surface area (Å²) < 4.78 is 0. The first kappa shape index (κ1) is 14.9. The molecule has 100 valence electrons. The molecule has 1 aromatic carbocycles. The van der Waals surface area contributed by atoms with Crippen LogP contribution < -0.4 is 5.32 Å². The molecule has 3 nitrogen and oxygen atoms in total. The van der Waals surface area contributed by atoms with Gasteiger partial charge in [-0.1, -0.05) is 31.2 Å². The highest BCUT2D eigenvalue weighted by atomic mass is 16.1. The highest BCUT2D eigenvalue weighted by Crippen LogP contribution is 2.07. The summed E-state index contributed by atoms with van der Waals surface area (Å²) in [4.78, 5) is 14.2. The minimum absolute atomic E-state index is 0.127. The number of ketones is 1. The average Bonchev–Trinajstić information content (AvgIpc) is 2.37. The zero-order valence-electron chi connectivity index (χ0n) is 11.9. The first-order valence-electron chi connectivity index (χ1n) is 6.56. The van der Waals surface area contributed by atoms with Crippen LogP contribution in [-0.2, 0) is 6.42 Å². The Morgan fingerprint density at radius 2 is 1.89 bits per heavy atom. The van der Waals surface area contributed by atoms with Gasteiger partial charge < -0.3 is 10.2 Å². The van der Waals surface area contributed by atoms with Crippen molar-refractivity contribution in [3.63, 3.8) is 0 Å². The Kier molecular flexibility index (Phi) is 6.02. The minimum atomic E-state index is -0.127. The molecule has 0 saturated heterocycles. The van der Waals surface area contributed by atoms with Crippen molar-refractivity contribution in [2.45, 2.75) is 26.3 Å². The summed E-state index contributed by atoms with van der Waals surface area (Å²) in [5.41, 5.74) is 2.05. The smallest absolute Gasteiger partial charge is 0.179 e. The van der Waals surface area contributed by atoms with E-state index in [9.17, 15) is 4.79 Å². The standard InChI is InChI=1S/C15H24N2O/c1-5-13-6-8-14(9-7-13)15(18)12(2)16-10-11-17(3)4/h6-9,12,16H,5,10-11H2,1-4H3. The van der Waals surface area contributed by atoms with E-state index in [1.165, 1.54) is 5.56 Å². The van der Waals surface area contributed by atoms with E-state index in [2.05, 4.69) is 17.1 Å². The number of hydrogen-bond donors (Lipinski definition) is 1. The van der Waals surface area contributed by atoms with E-state index >= 15 is 0 Å². The van der Waals surface area contributed by atoms with Gasteiger partial charge in [0.2, 0.25) is 0 Å². The third-order valence-corrected chi connectivity index (χ3v) is 3.05. The van der Waals surface area contributed by atoms with Crippen LogP contribution in [0.5, 0.6) is 0 Å². The van der Waals surface area contributed by atoms with E-state index in [1.54, 1.807) is 0 Å². The van der Waals surface area contributed by atoms with Gasteiger partial charge in [-0.25, -0.2) is 0 Å². The molecule has 0 fully saturated rings. The van der Waals surface area contributed by atoms with Gasteiger partial charge in [0.15, 0.2) is 5.78 Å². The maximum atomic E-state index is 12.1. The van der Waals surface area contributed by atoms with Crippen LogP contribution in [0.2, 0.25) is 0 Å². The lowest BCUT2D eigenvalue weighted by Gasteiger charge is -2.15. The fraction of sp³-hybridized carbons (Fsp3) is 0.533. The Balaban J connectivity index is 2.51. The van der Waals surface area contributed by atoms with Crippen LogP contribution in [0.3, 0.4) is 0 Å². The Bertz CT molecular complexity index is 371. The summed E-state index contributed by atoms with van der Waals surface area (Å²) in [5.74, 6) is 0.163. The van der Waals surface area contributed by atoms with Gasteiger partial charge in [-0.15, -0.1) is 0 Å². The Labute approximate surface area is 110 Å². The second kappa shape index (κ2) is 7.29. The molecule has 0 aliphatic carbocycles. The molecule has 1 N–H and O–H groups in total. The summed E-state index contributed by atoms with van der Waals surface area (Å²) in [6.45, 7) is 5.80. The Hall–Kier alpha value is -1.19. The summed E-state index contributed by atoms with van der Waals surface area (Å²) in [5, 5.41) is 3.25. The molecule has 1 rings (SSSR count). The number of carbonyl (C=O) groups excluding carboxylic acids is 1. The molecule has 0 saturated carbocycles. The molecule has 0 aromatic heterocycles. The van der Waals surface area contributed by atoms with Gasteiger partial charge in [-0.2, -0.15) is 0 Å². The summed E-state index contributed by atoms with van der Waals surface area (Å²) >= 11 is 0. The van der Waals surface area contributed by atoms with Crippen LogP contribution >= 0.6 is 0 Å². The molecule has 3 heteroatoms. The normalized spacial score (nSPS) is 12.7. The summed E-state index contributed by atoms with van der Waals surface area (Å²) in [6, 6.07) is 7.77. The number of rotatable bonds is 7. The van der Waals surface area contributed by atoms with E-state index in [4.69, 9.17) is 0 Å². The van der Waals surface area contributed by atoms with Crippen molar-refractivity contribution in [3.05, 3.63) is 35.4 Å². The lowest BCUT2D eigenvalue weighted by atomic mass is 10.0. The van der Waals surface area contributed by atoms with Crippen LogP contribution in [0.25, 0.3) is 0 Å². The van der Waals surface area contributed by atoms with Crippen molar-refractivity contribution in [3.8, 4) is 0 Å². The topological polar surface area (TPSA) is 32.3 Å². The van der Waals surface area contributed by atoms with Gasteiger partial charge in [0, 0.05) is 18.7 Å². The lowest BCUT2D eigenvalue weighted by molar-refractivity contribution is 0.0950. The van der Waals surface area contributed by atoms with Crippen LogP contribution in [0.15, 0.2) is 24.3 Å². The highest BCUT2D eigenvalue weighted by Gasteiger charge is 2.13. The average molecular weight is 248 g/mol. The number of nitrogens with zero attached hydrogens (tertiary/aromatic N) is 1. The summed E-state index contributed by atoms with van der Waals surface area (Å²) in [6.07, 6.45) is 1.01. The predicted octanol–water partition coefficient (Wildman–Crippen LogP) is 1.97. The number of aryl methyl sites for hydroxylation is 1. The van der Waals surface area contributed by atoms with Crippen molar-refractivity contribution >= 4 is 5.78 Å². The van der Waals surface area contributed by atoms with Gasteiger partial charge in [0.25, 0.3) is 0 Å². The van der Waals surface area contributed by atoms with Crippen LogP contribution in [0, 0.1) is 0 Å². The van der Waals surface area contributed by atoms with E-state index < -0.39 is 0 Å². The molecule has 0 aliphatic rings. The first-order chi connectivity index (χ1) is 8.54. The van der Waals surface area contributed by atoms with E-state index in [0.717, 1.165) is 25.1 Å². The first-order valence-corrected chi connectivity index (χ1v) is 6.56. The Morgan fingerprint density at radius 1 is 1.28 bits per heavy atom. The van der Waals surface area contributed by atoms with E-state index in [0.29, 0.717) is 0 Å². The Morgan fingerprint density at radius 3 is 2.39 bits per heavy atom. The van der Waals surface area contributed by atoms with Crippen molar-refractivity contribution in [1.29, 1.82) is 0 Å². The number of Topliss-reactive ketones (excluding diaryl/α,β-unsaturated/α-hetero) is 1. The molecular formula is C15H24N2O. The number of nitrogens with one attached hydrogen (secondary N) is 1. The third-order valence-electron chi connectivity index (χ3n) is 3.05. The SMILES string of the molecule is CCc1ccc(C(=O)C(C)NCCN(C)C)cc1. The molecule has 0 spiro atoms. The van der Waals surface area contributed by atoms with Gasteiger partial charge in [-0.05, 0) is 33.0 Å². The predicted molar refractivity (Wildman–Crippen MR) is 76.2 cm³/mol. The molecular weight excluding hydrogens is 224 g/mol. The number of benzene rings is 1. The second-order valence-electron chi connectivity index (χ2n) is 4.89. The highest BCUT2D eigenvalue weighted by molar-refractivity contribution is 5.99. The fourth-order valence-electron chi connectivity index (χ4n) is 1.75. The maximum absolute atomic E-state index is 12.1. The van der Waals surface area contributed by atoms with Crippen molar-refractivity contribution < 1.29 is 4.79 Å². The molecule has 0 heterocycles. The lowest BCUT2D eigenvalue weighted by Crippen LogP contribution is -2.38. The zero-order chi connectivity index (χ0) is 13.5. The minimum Gasteiger partial charge on any atom is -0.308 e. The van der Waals surface area contributed by atoms with Crippen molar-refractivity contribution in [1.82, 2.24) is 10.2 Å². The number of hydrogen-bond acceptors (Lipinski definition) is 3. The van der Waals surface area contributed by atoms with Crippen LogP contribution in [0.1, 0.15) is 29.8 Å². The number of carbonyl (C=O) groups is 1. The van der Waals surface area contributed by atoms with Crippen LogP contribution in [-0.4, -0.2) is 43.9 Å². The fourth-order valence-corrected chi connectivity index (χ4v) is 1.75.